The number of nitrogens with zero attached hydrogens (tertiary/aromatic N) is 2. The molecule has 2 amide bonds. The number of hydrogen-bond donors (Lipinski definition) is 2. The Kier molecular flexibility index (Phi) is 5.22. The molecule has 1 aliphatic rings. The molecule has 0 unspecified atom stereocenters. The molecule has 10 heteroatoms. The Labute approximate surface area is 173 Å². The molecule has 6 nitrogen and oxygen atoms in total. The van der Waals surface area contributed by atoms with Gasteiger partial charge < -0.3 is 10.6 Å². The largest absolute Gasteiger partial charge is 0.416 e. The smallest absolute Gasteiger partial charge is 0.355 e. The van der Waals surface area contributed by atoms with Crippen molar-refractivity contribution in [1.82, 2.24) is 15.1 Å². The predicted octanol–water partition coefficient (Wildman–Crippen LogP) is 3.77. The highest BCUT2D eigenvalue weighted by molar-refractivity contribution is 5.97. The molecular weight excluding hydrogens is 416 g/mol. The standard InChI is InChI=1S/C21H16F4N4O2/c22-15-5-2-6-16(9-15)29-17(12-3-1-4-14(7-12)21(23,24)25)10-18(28-29)27-20(31)13-8-19(30)26-11-13/h1-7,9-10,13H,8,11H2,(H,26,30)(H,27,28,31)/t13-/m1/s1. The van der Waals surface area contributed by atoms with Crippen molar-refractivity contribution in [2.75, 3.05) is 11.9 Å². The van der Waals surface area contributed by atoms with Gasteiger partial charge in [0.25, 0.3) is 0 Å². The first-order valence-electron chi connectivity index (χ1n) is 9.32. The van der Waals surface area contributed by atoms with Crippen LogP contribution in [-0.4, -0.2) is 28.1 Å². The maximum absolute atomic E-state index is 13.8. The lowest BCUT2D eigenvalue weighted by molar-refractivity contribution is -0.137. The van der Waals surface area contributed by atoms with Gasteiger partial charge in [0.15, 0.2) is 5.82 Å². The molecule has 31 heavy (non-hydrogen) atoms. The van der Waals surface area contributed by atoms with Crippen LogP contribution in [-0.2, 0) is 15.8 Å². The summed E-state index contributed by atoms with van der Waals surface area (Å²) in [4.78, 5) is 23.8. The molecule has 0 saturated carbocycles. The SMILES string of the molecule is O=C1C[C@@H](C(=O)Nc2cc(-c3cccc(C(F)(F)F)c3)n(-c3cccc(F)c3)n2)CN1. The van der Waals surface area contributed by atoms with E-state index in [9.17, 15) is 27.2 Å². The molecule has 0 aliphatic carbocycles. The fourth-order valence-electron chi connectivity index (χ4n) is 3.33. The van der Waals surface area contributed by atoms with Crippen molar-refractivity contribution in [3.8, 4) is 16.9 Å². The highest BCUT2D eigenvalue weighted by Gasteiger charge is 2.31. The van der Waals surface area contributed by atoms with E-state index in [1.54, 1.807) is 6.07 Å². The fraction of sp³-hybridized carbons (Fsp3) is 0.190. The van der Waals surface area contributed by atoms with E-state index in [1.165, 1.54) is 41.1 Å². The number of hydrogen-bond acceptors (Lipinski definition) is 3. The molecule has 1 saturated heterocycles. The Morgan fingerprint density at radius 3 is 2.58 bits per heavy atom. The Morgan fingerprint density at radius 1 is 1.13 bits per heavy atom. The summed E-state index contributed by atoms with van der Waals surface area (Å²) < 4.78 is 54.6. The highest BCUT2D eigenvalue weighted by Crippen LogP contribution is 2.33. The highest BCUT2D eigenvalue weighted by atomic mass is 19.4. The van der Waals surface area contributed by atoms with Gasteiger partial charge in [0.05, 0.1) is 22.9 Å². The average Bonchev–Trinajstić information content (AvgIpc) is 3.34. The first-order valence-corrected chi connectivity index (χ1v) is 9.32. The van der Waals surface area contributed by atoms with Gasteiger partial charge in [0.2, 0.25) is 11.8 Å². The van der Waals surface area contributed by atoms with Gasteiger partial charge in [-0.2, -0.15) is 13.2 Å². The second-order valence-corrected chi connectivity index (χ2v) is 7.08. The lowest BCUT2D eigenvalue weighted by atomic mass is 10.1. The van der Waals surface area contributed by atoms with Gasteiger partial charge in [0, 0.05) is 24.6 Å². The summed E-state index contributed by atoms with van der Waals surface area (Å²) in [6, 6.07) is 11.4. The number of halogens is 4. The van der Waals surface area contributed by atoms with Crippen molar-refractivity contribution in [2.24, 2.45) is 5.92 Å². The average molecular weight is 432 g/mol. The van der Waals surface area contributed by atoms with Crippen LogP contribution in [0.5, 0.6) is 0 Å². The monoisotopic (exact) mass is 432 g/mol. The lowest BCUT2D eigenvalue weighted by Crippen LogP contribution is -2.24. The van der Waals surface area contributed by atoms with Crippen LogP contribution in [0.2, 0.25) is 0 Å². The quantitative estimate of drug-likeness (QED) is 0.617. The van der Waals surface area contributed by atoms with Crippen LogP contribution in [0.3, 0.4) is 0 Å². The molecule has 1 aliphatic heterocycles. The molecule has 2 aromatic carbocycles. The fourth-order valence-corrected chi connectivity index (χ4v) is 3.33. The third-order valence-corrected chi connectivity index (χ3v) is 4.85. The maximum Gasteiger partial charge on any atom is 0.416 e. The summed E-state index contributed by atoms with van der Waals surface area (Å²) in [5.74, 6) is -1.75. The van der Waals surface area contributed by atoms with Gasteiger partial charge in [-0.25, -0.2) is 9.07 Å². The molecule has 2 heterocycles. The van der Waals surface area contributed by atoms with E-state index in [-0.39, 0.29) is 41.6 Å². The maximum atomic E-state index is 13.8. The zero-order chi connectivity index (χ0) is 22.2. The third-order valence-electron chi connectivity index (χ3n) is 4.85. The number of rotatable bonds is 4. The number of amides is 2. The molecule has 0 spiro atoms. The molecule has 1 fully saturated rings. The summed E-state index contributed by atoms with van der Waals surface area (Å²) in [6.07, 6.45) is -4.50. The molecular formula is C21H16F4N4O2. The second kappa shape index (κ2) is 7.86. The summed E-state index contributed by atoms with van der Waals surface area (Å²) in [5.41, 5.74) is -0.166. The van der Waals surface area contributed by atoms with E-state index in [1.807, 2.05) is 0 Å². The Balaban J connectivity index is 1.74. The van der Waals surface area contributed by atoms with Gasteiger partial charge in [-0.05, 0) is 30.3 Å². The third kappa shape index (κ3) is 4.42. The van der Waals surface area contributed by atoms with Crippen LogP contribution in [0.25, 0.3) is 16.9 Å². The van der Waals surface area contributed by atoms with Crippen LogP contribution in [0, 0.1) is 11.7 Å². The molecule has 4 rings (SSSR count). The number of alkyl halides is 3. The molecule has 3 aromatic rings. The van der Waals surface area contributed by atoms with Crippen molar-refractivity contribution in [3.63, 3.8) is 0 Å². The topological polar surface area (TPSA) is 76.0 Å². The minimum Gasteiger partial charge on any atom is -0.355 e. The number of carbonyl (C=O) groups is 2. The Hall–Kier alpha value is -3.69. The Bertz CT molecular complexity index is 1160. The number of carbonyl (C=O) groups excluding carboxylic acids is 2. The summed E-state index contributed by atoms with van der Waals surface area (Å²) in [5, 5.41) is 9.39. The van der Waals surface area contributed by atoms with Crippen molar-refractivity contribution in [3.05, 3.63) is 66.0 Å². The van der Waals surface area contributed by atoms with Crippen molar-refractivity contribution < 1.29 is 27.2 Å². The number of nitrogens with one attached hydrogen (secondary N) is 2. The molecule has 160 valence electrons. The van der Waals surface area contributed by atoms with Gasteiger partial charge >= 0.3 is 6.18 Å². The zero-order valence-electron chi connectivity index (χ0n) is 15.9. The van der Waals surface area contributed by atoms with Gasteiger partial charge in [-0.1, -0.05) is 18.2 Å². The van der Waals surface area contributed by atoms with Crippen LogP contribution in [0.15, 0.2) is 54.6 Å². The van der Waals surface area contributed by atoms with E-state index in [2.05, 4.69) is 15.7 Å². The van der Waals surface area contributed by atoms with Crippen LogP contribution in [0.1, 0.15) is 12.0 Å². The lowest BCUT2D eigenvalue weighted by Gasteiger charge is -2.10. The minimum absolute atomic E-state index is 0.0386. The predicted molar refractivity (Wildman–Crippen MR) is 104 cm³/mol. The summed E-state index contributed by atoms with van der Waals surface area (Å²) >= 11 is 0. The summed E-state index contributed by atoms with van der Waals surface area (Å²) in [6.45, 7) is 0.190. The zero-order valence-corrected chi connectivity index (χ0v) is 15.9. The normalized spacial score (nSPS) is 16.3. The molecule has 2 N–H and O–H groups in total. The van der Waals surface area contributed by atoms with Gasteiger partial charge in [-0.3, -0.25) is 9.59 Å². The Morgan fingerprint density at radius 2 is 1.90 bits per heavy atom. The van der Waals surface area contributed by atoms with Gasteiger partial charge in [0.1, 0.15) is 5.82 Å². The second-order valence-electron chi connectivity index (χ2n) is 7.08. The minimum atomic E-state index is -4.54. The number of benzene rings is 2. The number of anilines is 1. The van der Waals surface area contributed by atoms with Crippen molar-refractivity contribution in [1.29, 1.82) is 0 Å². The molecule has 0 bridgehead atoms. The van der Waals surface area contributed by atoms with Crippen molar-refractivity contribution >= 4 is 17.6 Å². The first kappa shape index (κ1) is 20.6. The van der Waals surface area contributed by atoms with Crippen molar-refractivity contribution in [2.45, 2.75) is 12.6 Å². The van der Waals surface area contributed by atoms with Gasteiger partial charge in [-0.15, -0.1) is 5.10 Å². The number of aromatic nitrogens is 2. The molecule has 0 radical (unpaired) electrons. The van der Waals surface area contributed by atoms with E-state index in [4.69, 9.17) is 0 Å². The van der Waals surface area contributed by atoms with Crippen LogP contribution >= 0.6 is 0 Å². The van der Waals surface area contributed by atoms with E-state index >= 15 is 0 Å². The first-order chi connectivity index (χ1) is 14.7. The van der Waals surface area contributed by atoms with Crippen LogP contribution < -0.4 is 10.6 Å². The van der Waals surface area contributed by atoms with E-state index in [0.717, 1.165) is 12.1 Å². The molecule has 1 atom stereocenters. The van der Waals surface area contributed by atoms with Crippen LogP contribution in [0.4, 0.5) is 23.4 Å². The van der Waals surface area contributed by atoms with E-state index < -0.39 is 29.4 Å². The van der Waals surface area contributed by atoms with E-state index in [0.29, 0.717) is 0 Å². The summed E-state index contributed by atoms with van der Waals surface area (Å²) in [7, 11) is 0. The molecule has 1 aromatic heterocycles.